The van der Waals surface area contributed by atoms with Crippen molar-refractivity contribution in [2.45, 2.75) is 38.3 Å². The maximum atomic E-state index is 11.7. The highest BCUT2D eigenvalue weighted by Crippen LogP contribution is 2.10. The maximum Gasteiger partial charge on any atom is 0.222 e. The van der Waals surface area contributed by atoms with E-state index in [2.05, 4.69) is 31.3 Å². The molecule has 1 aromatic rings. The van der Waals surface area contributed by atoms with Crippen LogP contribution < -0.4 is 10.6 Å². The fourth-order valence-electron chi connectivity index (χ4n) is 1.87. The number of carbonyl (C=O) groups is 1. The Bertz CT molecular complexity index is 332. The summed E-state index contributed by atoms with van der Waals surface area (Å²) in [6.07, 6.45) is 2.74. The first kappa shape index (κ1) is 11.0. The average Bonchev–Trinajstić information content (AvgIpc) is 2.88. The van der Waals surface area contributed by atoms with Gasteiger partial charge < -0.3 is 10.6 Å². The van der Waals surface area contributed by atoms with Crippen LogP contribution in [0.25, 0.3) is 0 Å². The second-order valence-corrected chi connectivity index (χ2v) is 4.06. The molecule has 0 spiro atoms. The van der Waals surface area contributed by atoms with Crippen molar-refractivity contribution in [2.75, 3.05) is 6.54 Å². The van der Waals surface area contributed by atoms with Crippen molar-refractivity contribution in [3.63, 3.8) is 0 Å². The number of nitrogens with zero attached hydrogens (tertiary/aromatic N) is 3. The van der Waals surface area contributed by atoms with E-state index in [1.54, 1.807) is 0 Å². The molecule has 0 aliphatic carbocycles. The Hall–Kier alpha value is -1.50. The Morgan fingerprint density at radius 2 is 2.56 bits per heavy atom. The van der Waals surface area contributed by atoms with Crippen LogP contribution in [0.4, 0.5) is 0 Å². The lowest BCUT2D eigenvalue weighted by Crippen LogP contribution is -2.33. The summed E-state index contributed by atoms with van der Waals surface area (Å²) in [6.45, 7) is 2.85. The Morgan fingerprint density at radius 1 is 1.69 bits per heavy atom. The van der Waals surface area contributed by atoms with Gasteiger partial charge in [-0.3, -0.25) is 4.79 Å². The maximum absolute atomic E-state index is 11.7. The monoisotopic (exact) mass is 224 g/mol. The van der Waals surface area contributed by atoms with E-state index >= 15 is 0 Å². The summed E-state index contributed by atoms with van der Waals surface area (Å²) in [7, 11) is 0. The van der Waals surface area contributed by atoms with Crippen LogP contribution >= 0.6 is 0 Å². The van der Waals surface area contributed by atoms with E-state index in [9.17, 15) is 4.79 Å². The Labute approximate surface area is 93.4 Å². The minimum absolute atomic E-state index is 0.0247. The number of aromatic amines is 1. The summed E-state index contributed by atoms with van der Waals surface area (Å²) in [5, 5.41) is 19.6. The molecule has 7 nitrogen and oxygen atoms in total. The van der Waals surface area contributed by atoms with E-state index in [0.29, 0.717) is 18.3 Å². The molecular formula is C9H16N6O. The summed E-state index contributed by atoms with van der Waals surface area (Å²) in [6, 6.07) is 0.116. The molecule has 7 heteroatoms. The first-order chi connectivity index (χ1) is 7.75. The van der Waals surface area contributed by atoms with Gasteiger partial charge in [0.2, 0.25) is 5.91 Å². The second kappa shape index (κ2) is 5.02. The molecule has 16 heavy (non-hydrogen) atoms. The molecule has 1 aliphatic rings. The average molecular weight is 224 g/mol. The number of hydrogen-bond acceptors (Lipinski definition) is 5. The molecule has 2 unspecified atom stereocenters. The van der Waals surface area contributed by atoms with Crippen LogP contribution in [0.15, 0.2) is 0 Å². The number of amides is 1. The first-order valence-electron chi connectivity index (χ1n) is 5.52. The molecule has 1 aliphatic heterocycles. The predicted molar refractivity (Wildman–Crippen MR) is 56.4 cm³/mol. The number of H-pyrrole nitrogens is 1. The van der Waals surface area contributed by atoms with E-state index in [-0.39, 0.29) is 11.9 Å². The third kappa shape index (κ3) is 2.75. The molecule has 0 bridgehead atoms. The van der Waals surface area contributed by atoms with E-state index in [1.807, 2.05) is 6.92 Å². The normalized spacial score (nSPS) is 21.9. The third-order valence-electron chi connectivity index (χ3n) is 2.72. The highest BCUT2D eigenvalue weighted by Gasteiger charge is 2.19. The van der Waals surface area contributed by atoms with Crippen molar-refractivity contribution in [1.29, 1.82) is 0 Å². The summed E-state index contributed by atoms with van der Waals surface area (Å²) < 4.78 is 0. The lowest BCUT2D eigenvalue weighted by Gasteiger charge is -2.13. The predicted octanol–water partition coefficient (Wildman–Crippen LogP) is -0.481. The van der Waals surface area contributed by atoms with Crippen LogP contribution in [0.1, 0.15) is 38.1 Å². The highest BCUT2D eigenvalue weighted by atomic mass is 16.1. The molecule has 0 saturated carbocycles. The van der Waals surface area contributed by atoms with Crippen LogP contribution in [0.5, 0.6) is 0 Å². The zero-order chi connectivity index (χ0) is 11.4. The summed E-state index contributed by atoms with van der Waals surface area (Å²) in [4.78, 5) is 11.7. The van der Waals surface area contributed by atoms with Gasteiger partial charge in [0.1, 0.15) is 0 Å². The Balaban J connectivity index is 1.78. The number of rotatable bonds is 4. The molecule has 1 saturated heterocycles. The molecule has 1 amide bonds. The summed E-state index contributed by atoms with van der Waals surface area (Å²) >= 11 is 0. The van der Waals surface area contributed by atoms with Gasteiger partial charge in [0.25, 0.3) is 0 Å². The largest absolute Gasteiger partial charge is 0.346 e. The van der Waals surface area contributed by atoms with E-state index in [1.165, 1.54) is 0 Å². The molecule has 2 heterocycles. The van der Waals surface area contributed by atoms with Crippen molar-refractivity contribution in [3.8, 4) is 0 Å². The Morgan fingerprint density at radius 3 is 3.19 bits per heavy atom. The molecule has 1 aromatic heterocycles. The highest BCUT2D eigenvalue weighted by molar-refractivity contribution is 5.76. The van der Waals surface area contributed by atoms with Gasteiger partial charge in [-0.25, -0.2) is 0 Å². The topological polar surface area (TPSA) is 95.6 Å². The van der Waals surface area contributed by atoms with Crippen molar-refractivity contribution < 1.29 is 4.79 Å². The number of hydrogen-bond donors (Lipinski definition) is 3. The number of nitrogens with one attached hydrogen (secondary N) is 3. The quantitative estimate of drug-likeness (QED) is 0.642. The van der Waals surface area contributed by atoms with E-state index < -0.39 is 0 Å². The SMILES string of the molecule is CC(NC(=O)CC1CCCN1)c1nn[nH]n1. The van der Waals surface area contributed by atoms with Crippen molar-refractivity contribution in [2.24, 2.45) is 0 Å². The molecular weight excluding hydrogens is 208 g/mol. The molecule has 3 N–H and O–H groups in total. The lowest BCUT2D eigenvalue weighted by atomic mass is 10.1. The van der Waals surface area contributed by atoms with Crippen LogP contribution in [0, 0.1) is 0 Å². The van der Waals surface area contributed by atoms with Gasteiger partial charge in [0, 0.05) is 12.5 Å². The zero-order valence-corrected chi connectivity index (χ0v) is 9.23. The fraction of sp³-hybridized carbons (Fsp3) is 0.778. The fourth-order valence-corrected chi connectivity index (χ4v) is 1.87. The first-order valence-corrected chi connectivity index (χ1v) is 5.52. The van der Waals surface area contributed by atoms with Gasteiger partial charge in [0.15, 0.2) is 5.82 Å². The summed E-state index contributed by atoms with van der Waals surface area (Å²) in [5.74, 6) is 0.532. The standard InChI is InChI=1S/C9H16N6O/c1-6(9-12-14-15-13-9)11-8(16)5-7-3-2-4-10-7/h6-7,10H,2-5H2,1H3,(H,11,16)(H,12,13,14,15). The third-order valence-corrected chi connectivity index (χ3v) is 2.72. The van der Waals surface area contributed by atoms with Gasteiger partial charge in [-0.1, -0.05) is 5.21 Å². The molecule has 0 aromatic carbocycles. The molecule has 2 atom stereocenters. The number of carbonyl (C=O) groups excluding carboxylic acids is 1. The smallest absolute Gasteiger partial charge is 0.222 e. The van der Waals surface area contributed by atoms with Crippen molar-refractivity contribution in [3.05, 3.63) is 5.82 Å². The molecule has 88 valence electrons. The Kier molecular flexibility index (Phi) is 3.45. The van der Waals surface area contributed by atoms with Crippen LogP contribution in [-0.4, -0.2) is 39.1 Å². The van der Waals surface area contributed by atoms with Crippen LogP contribution in [-0.2, 0) is 4.79 Å². The molecule has 1 fully saturated rings. The van der Waals surface area contributed by atoms with Gasteiger partial charge >= 0.3 is 0 Å². The van der Waals surface area contributed by atoms with E-state index in [0.717, 1.165) is 19.4 Å². The van der Waals surface area contributed by atoms with Crippen LogP contribution in [0.2, 0.25) is 0 Å². The summed E-state index contributed by atoms with van der Waals surface area (Å²) in [5.41, 5.74) is 0. The van der Waals surface area contributed by atoms with Crippen LogP contribution in [0.3, 0.4) is 0 Å². The van der Waals surface area contributed by atoms with Gasteiger partial charge in [-0.15, -0.1) is 10.2 Å². The van der Waals surface area contributed by atoms with Gasteiger partial charge in [0.05, 0.1) is 6.04 Å². The molecule has 0 radical (unpaired) electrons. The zero-order valence-electron chi connectivity index (χ0n) is 9.23. The minimum atomic E-state index is -0.201. The van der Waals surface area contributed by atoms with Crippen molar-refractivity contribution >= 4 is 5.91 Å². The van der Waals surface area contributed by atoms with Gasteiger partial charge in [-0.05, 0) is 26.3 Å². The van der Waals surface area contributed by atoms with Gasteiger partial charge in [-0.2, -0.15) is 5.21 Å². The second-order valence-electron chi connectivity index (χ2n) is 4.06. The minimum Gasteiger partial charge on any atom is -0.346 e. The van der Waals surface area contributed by atoms with E-state index in [4.69, 9.17) is 0 Å². The lowest BCUT2D eigenvalue weighted by molar-refractivity contribution is -0.122. The number of tetrazole rings is 1. The van der Waals surface area contributed by atoms with Crippen molar-refractivity contribution in [1.82, 2.24) is 31.3 Å². The number of aromatic nitrogens is 4. The molecule has 2 rings (SSSR count).